The summed E-state index contributed by atoms with van der Waals surface area (Å²) in [5, 5.41) is 4.09. The molecule has 1 N–H and O–H groups in total. The number of nitrogens with one attached hydrogen (secondary N) is 1. The van der Waals surface area contributed by atoms with E-state index in [-0.39, 0.29) is 0 Å². The van der Waals surface area contributed by atoms with Crippen LogP contribution in [-0.4, -0.2) is 7.11 Å². The van der Waals surface area contributed by atoms with Gasteiger partial charge in [-0.3, -0.25) is 0 Å². The number of aryl methyl sites for hydroxylation is 1. The van der Waals surface area contributed by atoms with E-state index in [2.05, 4.69) is 27.3 Å². The maximum absolute atomic E-state index is 6.00. The molecule has 2 rings (SSSR count). The fourth-order valence-corrected chi connectivity index (χ4v) is 2.40. The van der Waals surface area contributed by atoms with Gasteiger partial charge in [-0.25, -0.2) is 0 Å². The van der Waals surface area contributed by atoms with Crippen molar-refractivity contribution in [1.82, 2.24) is 0 Å². The van der Waals surface area contributed by atoms with Gasteiger partial charge in [-0.15, -0.1) is 0 Å². The van der Waals surface area contributed by atoms with Crippen LogP contribution in [0.1, 0.15) is 11.1 Å². The molecule has 0 saturated heterocycles. The zero-order chi connectivity index (χ0) is 13.8. The Morgan fingerprint density at radius 2 is 2.00 bits per heavy atom. The second-order valence-corrected chi connectivity index (χ2v) is 5.58. The third kappa shape index (κ3) is 3.64. The van der Waals surface area contributed by atoms with E-state index in [1.54, 1.807) is 7.11 Å². The Morgan fingerprint density at radius 3 is 2.74 bits per heavy atom. The summed E-state index contributed by atoms with van der Waals surface area (Å²) in [7, 11) is 1.68. The monoisotopic (exact) mass is 339 g/mol. The van der Waals surface area contributed by atoms with Crippen LogP contribution < -0.4 is 10.1 Å². The molecule has 0 saturated carbocycles. The smallest absolute Gasteiger partial charge is 0.142 e. The molecule has 0 aliphatic carbocycles. The van der Waals surface area contributed by atoms with Crippen molar-refractivity contribution in [3.05, 3.63) is 57.0 Å². The third-order valence-electron chi connectivity index (χ3n) is 2.83. The lowest BCUT2D eigenvalue weighted by molar-refractivity contribution is 0.416. The van der Waals surface area contributed by atoms with Gasteiger partial charge >= 0.3 is 0 Å². The van der Waals surface area contributed by atoms with Crippen LogP contribution in [-0.2, 0) is 6.54 Å². The van der Waals surface area contributed by atoms with Gasteiger partial charge in [0.25, 0.3) is 0 Å². The van der Waals surface area contributed by atoms with Crippen LogP contribution in [0.25, 0.3) is 0 Å². The van der Waals surface area contributed by atoms with Gasteiger partial charge in [0.2, 0.25) is 0 Å². The van der Waals surface area contributed by atoms with E-state index in [0.717, 1.165) is 26.5 Å². The maximum Gasteiger partial charge on any atom is 0.142 e. The molecule has 2 nitrogen and oxygen atoms in total. The summed E-state index contributed by atoms with van der Waals surface area (Å²) in [4.78, 5) is 0. The largest absolute Gasteiger partial charge is 0.495 e. The summed E-state index contributed by atoms with van der Waals surface area (Å²) in [6, 6.07) is 11.8. The summed E-state index contributed by atoms with van der Waals surface area (Å²) in [6.45, 7) is 2.72. The van der Waals surface area contributed by atoms with Gasteiger partial charge in [0.05, 0.1) is 12.8 Å². The molecule has 0 atom stereocenters. The highest BCUT2D eigenvalue weighted by molar-refractivity contribution is 9.10. The van der Waals surface area contributed by atoms with Crippen LogP contribution in [0.2, 0.25) is 5.02 Å². The zero-order valence-corrected chi connectivity index (χ0v) is 13.2. The van der Waals surface area contributed by atoms with Gasteiger partial charge in [-0.1, -0.05) is 33.6 Å². The van der Waals surface area contributed by atoms with E-state index in [4.69, 9.17) is 16.3 Å². The van der Waals surface area contributed by atoms with Crippen molar-refractivity contribution >= 4 is 33.2 Å². The molecule has 0 amide bonds. The minimum atomic E-state index is 0.681. The molecule has 0 bridgehead atoms. The van der Waals surface area contributed by atoms with Crippen molar-refractivity contribution in [2.24, 2.45) is 0 Å². The number of rotatable bonds is 4. The Bertz CT molecular complexity index is 586. The Kier molecular flexibility index (Phi) is 4.72. The standard InChI is InChI=1S/C15H15BrClNO/c1-10-3-6-14(15(7-10)19-2)18-9-11-8-12(17)4-5-13(11)16/h3-8,18H,9H2,1-2H3. The summed E-state index contributed by atoms with van der Waals surface area (Å²) in [6.07, 6.45) is 0. The number of hydrogen-bond donors (Lipinski definition) is 1. The first-order chi connectivity index (χ1) is 9.10. The number of hydrogen-bond acceptors (Lipinski definition) is 2. The molecule has 100 valence electrons. The predicted molar refractivity (Wildman–Crippen MR) is 84.2 cm³/mol. The molecule has 2 aromatic rings. The molecule has 19 heavy (non-hydrogen) atoms. The summed E-state index contributed by atoms with van der Waals surface area (Å²) < 4.78 is 6.41. The number of ether oxygens (including phenoxy) is 1. The highest BCUT2D eigenvalue weighted by atomic mass is 79.9. The lowest BCUT2D eigenvalue weighted by atomic mass is 10.2. The van der Waals surface area contributed by atoms with Crippen molar-refractivity contribution in [1.29, 1.82) is 0 Å². The number of halogens is 2. The first-order valence-corrected chi connectivity index (χ1v) is 7.09. The molecule has 0 aliphatic heterocycles. The Labute approximate surface area is 126 Å². The molecule has 0 spiro atoms. The van der Waals surface area contributed by atoms with Crippen molar-refractivity contribution < 1.29 is 4.74 Å². The molecular weight excluding hydrogens is 326 g/mol. The van der Waals surface area contributed by atoms with E-state index >= 15 is 0 Å². The third-order valence-corrected chi connectivity index (χ3v) is 3.84. The van der Waals surface area contributed by atoms with E-state index in [1.165, 1.54) is 5.56 Å². The van der Waals surface area contributed by atoms with Crippen LogP contribution >= 0.6 is 27.5 Å². The fraction of sp³-hybridized carbons (Fsp3) is 0.200. The number of methoxy groups -OCH3 is 1. The van der Waals surface area contributed by atoms with Gasteiger partial charge in [-0.2, -0.15) is 0 Å². The lowest BCUT2D eigenvalue weighted by Gasteiger charge is -2.13. The normalized spacial score (nSPS) is 10.3. The van der Waals surface area contributed by atoms with E-state index < -0.39 is 0 Å². The molecule has 0 aromatic heterocycles. The minimum Gasteiger partial charge on any atom is -0.495 e. The lowest BCUT2D eigenvalue weighted by Crippen LogP contribution is -2.02. The summed E-state index contributed by atoms with van der Waals surface area (Å²) in [5.74, 6) is 0.846. The van der Waals surface area contributed by atoms with Crippen LogP contribution in [0.5, 0.6) is 5.75 Å². The van der Waals surface area contributed by atoms with Crippen LogP contribution in [0.3, 0.4) is 0 Å². The number of benzene rings is 2. The summed E-state index contributed by atoms with van der Waals surface area (Å²) in [5.41, 5.74) is 3.25. The second kappa shape index (κ2) is 6.31. The Morgan fingerprint density at radius 1 is 1.21 bits per heavy atom. The van der Waals surface area contributed by atoms with E-state index in [9.17, 15) is 0 Å². The molecule has 2 aromatic carbocycles. The minimum absolute atomic E-state index is 0.681. The van der Waals surface area contributed by atoms with Gasteiger partial charge < -0.3 is 10.1 Å². The highest BCUT2D eigenvalue weighted by Crippen LogP contribution is 2.27. The van der Waals surface area contributed by atoms with Gasteiger partial charge in [-0.05, 0) is 48.4 Å². The Hall–Kier alpha value is -1.19. The van der Waals surface area contributed by atoms with Crippen LogP contribution in [0.4, 0.5) is 5.69 Å². The summed E-state index contributed by atoms with van der Waals surface area (Å²) >= 11 is 9.53. The second-order valence-electron chi connectivity index (χ2n) is 4.29. The average molecular weight is 341 g/mol. The zero-order valence-electron chi connectivity index (χ0n) is 10.8. The predicted octanol–water partition coefficient (Wildman–Crippen LogP) is 5.03. The SMILES string of the molecule is COc1cc(C)ccc1NCc1cc(Cl)ccc1Br. The van der Waals surface area contributed by atoms with E-state index in [0.29, 0.717) is 6.54 Å². The van der Waals surface area contributed by atoms with Crippen molar-refractivity contribution in [3.8, 4) is 5.75 Å². The molecular formula is C15H15BrClNO. The van der Waals surface area contributed by atoms with Gasteiger partial charge in [0, 0.05) is 16.0 Å². The quantitative estimate of drug-likeness (QED) is 0.842. The number of anilines is 1. The van der Waals surface area contributed by atoms with Crippen molar-refractivity contribution in [2.75, 3.05) is 12.4 Å². The van der Waals surface area contributed by atoms with Crippen LogP contribution in [0, 0.1) is 6.92 Å². The molecule has 0 radical (unpaired) electrons. The maximum atomic E-state index is 6.00. The molecule has 0 aliphatic rings. The van der Waals surface area contributed by atoms with Crippen molar-refractivity contribution in [3.63, 3.8) is 0 Å². The average Bonchev–Trinajstić information content (AvgIpc) is 2.40. The Balaban J connectivity index is 2.16. The van der Waals surface area contributed by atoms with Crippen LogP contribution in [0.15, 0.2) is 40.9 Å². The van der Waals surface area contributed by atoms with Gasteiger partial charge in [0.1, 0.15) is 5.75 Å². The van der Waals surface area contributed by atoms with Gasteiger partial charge in [0.15, 0.2) is 0 Å². The molecule has 0 unspecified atom stereocenters. The molecule has 4 heteroatoms. The topological polar surface area (TPSA) is 21.3 Å². The first-order valence-electron chi connectivity index (χ1n) is 5.92. The van der Waals surface area contributed by atoms with E-state index in [1.807, 2.05) is 37.3 Å². The van der Waals surface area contributed by atoms with Crippen molar-refractivity contribution in [2.45, 2.75) is 13.5 Å². The molecule has 0 heterocycles. The first kappa shape index (κ1) is 14.2. The molecule has 0 fully saturated rings. The fourth-order valence-electron chi connectivity index (χ4n) is 1.81. The highest BCUT2D eigenvalue weighted by Gasteiger charge is 2.05.